The number of methoxy groups -OCH3 is 1. The Hall–Kier alpha value is -2.67. The van der Waals surface area contributed by atoms with E-state index in [9.17, 15) is 13.0 Å². The van der Waals surface area contributed by atoms with Crippen LogP contribution in [0, 0.1) is 0 Å². The van der Waals surface area contributed by atoms with Crippen molar-refractivity contribution in [1.29, 1.82) is 0 Å². The van der Waals surface area contributed by atoms with Crippen molar-refractivity contribution in [1.82, 2.24) is 4.48 Å². The van der Waals surface area contributed by atoms with E-state index in [4.69, 9.17) is 4.74 Å². The quantitative estimate of drug-likeness (QED) is 0.0988. The minimum Gasteiger partial charge on any atom is -0.744 e. The van der Waals surface area contributed by atoms with Crippen LogP contribution in [-0.4, -0.2) is 34.2 Å². The monoisotopic (exact) mass is 567 g/mol. The smallest absolute Gasteiger partial charge is 0.132 e. The minimum atomic E-state index is -4.31. The van der Waals surface area contributed by atoms with Gasteiger partial charge in [0.2, 0.25) is 0 Å². The Kier molecular flexibility index (Phi) is 15.0. The van der Waals surface area contributed by atoms with Crippen molar-refractivity contribution in [3.05, 3.63) is 90.0 Å². The van der Waals surface area contributed by atoms with Crippen LogP contribution >= 0.6 is 0 Å². The van der Waals surface area contributed by atoms with Gasteiger partial charge in [0.15, 0.2) is 0 Å². The Balaban J connectivity index is 0.000000285. The van der Waals surface area contributed by atoms with Crippen LogP contribution in [0.4, 0.5) is 5.69 Å². The van der Waals surface area contributed by atoms with Crippen LogP contribution in [0.25, 0.3) is 0 Å². The number of ether oxygens (including phenoxy) is 1. The molecule has 0 atom stereocenters. The highest BCUT2D eigenvalue weighted by Gasteiger charge is 2.18. The molecule has 0 aliphatic heterocycles. The van der Waals surface area contributed by atoms with E-state index in [0.29, 0.717) is 0 Å². The molecule has 3 rings (SSSR count). The molecule has 0 heterocycles. The van der Waals surface area contributed by atoms with Crippen LogP contribution in [0.5, 0.6) is 5.75 Å². The number of rotatable bonds is 16. The fraction of sp³-hybridized carbons (Fsp3) is 0.471. The van der Waals surface area contributed by atoms with Gasteiger partial charge in [0, 0.05) is 5.56 Å². The van der Waals surface area contributed by atoms with E-state index in [1.54, 1.807) is 19.2 Å². The number of hydrogen-bond acceptors (Lipinski definition) is 4. The maximum Gasteiger partial charge on any atom is 0.132 e. The third-order valence-electron chi connectivity index (χ3n) is 7.22. The number of unbranched alkanes of at least 4 members (excludes halogenated alkanes) is 9. The molecule has 0 aliphatic carbocycles. The Morgan fingerprint density at radius 2 is 1.18 bits per heavy atom. The second-order valence-electron chi connectivity index (χ2n) is 11.1. The number of hydrogen-bond donors (Lipinski definition) is 0. The number of nitrogens with zero attached hydrogens (tertiary/aromatic N) is 1. The van der Waals surface area contributed by atoms with Crippen molar-refractivity contribution in [2.24, 2.45) is 0 Å². The third-order valence-corrected chi connectivity index (χ3v) is 8.07. The summed E-state index contributed by atoms with van der Waals surface area (Å²) in [6, 6.07) is 25.2. The fourth-order valence-corrected chi connectivity index (χ4v) is 5.22. The summed E-state index contributed by atoms with van der Waals surface area (Å²) in [5.74, 6) is 0.906. The van der Waals surface area contributed by atoms with Gasteiger partial charge in [0.1, 0.15) is 28.1 Å². The predicted molar refractivity (Wildman–Crippen MR) is 167 cm³/mol. The summed E-state index contributed by atoms with van der Waals surface area (Å²) in [6.07, 6.45) is 14.0. The Morgan fingerprint density at radius 3 is 1.68 bits per heavy atom. The molecular formula is C34H49NO4S. The summed E-state index contributed by atoms with van der Waals surface area (Å²) in [4.78, 5) is -0.140. The molecule has 5 nitrogen and oxygen atoms in total. The van der Waals surface area contributed by atoms with E-state index in [-0.39, 0.29) is 4.90 Å². The molecule has 3 aromatic rings. The van der Waals surface area contributed by atoms with Gasteiger partial charge >= 0.3 is 0 Å². The summed E-state index contributed by atoms with van der Waals surface area (Å²) in [6.45, 7) is 3.21. The average molecular weight is 568 g/mol. The van der Waals surface area contributed by atoms with Gasteiger partial charge in [-0.2, -0.15) is 0 Å². The van der Waals surface area contributed by atoms with Gasteiger partial charge < -0.3 is 9.29 Å². The molecule has 3 aromatic carbocycles. The Labute approximate surface area is 243 Å². The van der Waals surface area contributed by atoms with Gasteiger partial charge in [-0.25, -0.2) is 8.42 Å². The van der Waals surface area contributed by atoms with Crippen molar-refractivity contribution in [3.63, 3.8) is 0 Å². The standard InChI is InChI=1S/C18H30O3S.C16H20NO/c1-2-3-4-5-6-7-8-9-10-11-12-17-13-15-18(16-14-17)22(19,20)21;1-17(2,15-7-5-4-6-8-15)13-14-9-11-16(18-3)12-10-14/h13-16H,2-12H2,1H3,(H,19,20,21);4-12H,13H2,1-3H3/q;+1/p-1. The molecule has 0 aromatic heterocycles. The zero-order valence-electron chi connectivity index (χ0n) is 25.0. The van der Waals surface area contributed by atoms with Crippen molar-refractivity contribution >= 4 is 15.8 Å². The van der Waals surface area contributed by atoms with Crippen LogP contribution in [0.1, 0.15) is 82.3 Å². The molecule has 40 heavy (non-hydrogen) atoms. The highest BCUT2D eigenvalue weighted by molar-refractivity contribution is 7.85. The molecule has 0 aliphatic rings. The van der Waals surface area contributed by atoms with Gasteiger partial charge in [0.05, 0.1) is 26.1 Å². The lowest BCUT2D eigenvalue weighted by Crippen LogP contribution is -2.39. The lowest BCUT2D eigenvalue weighted by molar-refractivity contribution is 0.390. The van der Waals surface area contributed by atoms with E-state index in [1.807, 2.05) is 12.1 Å². The lowest BCUT2D eigenvalue weighted by Gasteiger charge is -2.29. The van der Waals surface area contributed by atoms with Crippen LogP contribution in [0.3, 0.4) is 0 Å². The van der Waals surface area contributed by atoms with Crippen molar-refractivity contribution < 1.29 is 17.7 Å². The molecule has 0 N–H and O–H groups in total. The van der Waals surface area contributed by atoms with Gasteiger partial charge in [-0.05, 0) is 66.9 Å². The van der Waals surface area contributed by atoms with E-state index in [0.717, 1.165) is 35.2 Å². The highest BCUT2D eigenvalue weighted by Crippen LogP contribution is 2.22. The van der Waals surface area contributed by atoms with Gasteiger partial charge in [-0.3, -0.25) is 4.48 Å². The molecule has 0 unspecified atom stereocenters. The zero-order chi connectivity index (χ0) is 29.3. The minimum absolute atomic E-state index is 0.140. The van der Waals surface area contributed by atoms with E-state index in [2.05, 4.69) is 63.5 Å². The number of quaternary nitrogens is 1. The van der Waals surface area contributed by atoms with Crippen LogP contribution in [-0.2, 0) is 23.1 Å². The number of aryl methyl sites for hydroxylation is 1. The zero-order valence-corrected chi connectivity index (χ0v) is 25.8. The molecule has 0 saturated carbocycles. The second-order valence-corrected chi connectivity index (χ2v) is 12.4. The summed E-state index contributed by atoms with van der Waals surface area (Å²) in [7, 11) is 1.82. The lowest BCUT2D eigenvalue weighted by atomic mass is 10.0. The second kappa shape index (κ2) is 17.9. The maximum absolute atomic E-state index is 10.8. The SMILES string of the molecule is CCCCCCCCCCCCc1ccc(S(=O)(=O)[O-])cc1.COc1ccc(C[N+](C)(C)c2ccccc2)cc1. The van der Waals surface area contributed by atoms with Gasteiger partial charge in [-0.1, -0.05) is 95.0 Å². The molecule has 220 valence electrons. The maximum atomic E-state index is 10.8. The normalized spacial score (nSPS) is 11.5. The summed E-state index contributed by atoms with van der Waals surface area (Å²) in [5.41, 5.74) is 3.73. The third kappa shape index (κ3) is 13.1. The van der Waals surface area contributed by atoms with Crippen molar-refractivity contribution in [2.45, 2.75) is 89.0 Å². The van der Waals surface area contributed by atoms with Crippen LogP contribution < -0.4 is 9.22 Å². The van der Waals surface area contributed by atoms with Crippen LogP contribution in [0.2, 0.25) is 0 Å². The van der Waals surface area contributed by atoms with E-state index >= 15 is 0 Å². The largest absolute Gasteiger partial charge is 0.744 e. The fourth-order valence-electron chi connectivity index (χ4n) is 4.75. The van der Waals surface area contributed by atoms with E-state index < -0.39 is 10.1 Å². The summed E-state index contributed by atoms with van der Waals surface area (Å²) in [5, 5.41) is 0. The molecule has 0 fully saturated rings. The number of benzene rings is 3. The van der Waals surface area contributed by atoms with Gasteiger partial charge in [0.25, 0.3) is 0 Å². The Bertz CT molecular complexity index is 1170. The molecule has 0 amide bonds. The summed E-state index contributed by atoms with van der Waals surface area (Å²) < 4.78 is 38.5. The summed E-state index contributed by atoms with van der Waals surface area (Å²) >= 11 is 0. The number of para-hydroxylation sites is 1. The molecule has 0 radical (unpaired) electrons. The first-order valence-corrected chi connectivity index (χ1v) is 16.1. The highest BCUT2D eigenvalue weighted by atomic mass is 32.2. The first-order chi connectivity index (χ1) is 19.2. The first kappa shape index (κ1) is 33.5. The first-order valence-electron chi connectivity index (χ1n) is 14.7. The topological polar surface area (TPSA) is 66.4 Å². The molecule has 6 heteroatoms. The molecular weight excluding hydrogens is 518 g/mol. The van der Waals surface area contributed by atoms with Crippen molar-refractivity contribution in [2.75, 3.05) is 21.2 Å². The van der Waals surface area contributed by atoms with Gasteiger partial charge in [-0.15, -0.1) is 0 Å². The molecule has 0 spiro atoms. The van der Waals surface area contributed by atoms with E-state index in [1.165, 1.54) is 81.2 Å². The van der Waals surface area contributed by atoms with Crippen molar-refractivity contribution in [3.8, 4) is 5.75 Å². The Morgan fingerprint density at radius 1 is 0.675 bits per heavy atom. The van der Waals surface area contributed by atoms with Crippen LogP contribution in [0.15, 0.2) is 83.8 Å². The molecule has 0 bridgehead atoms. The average Bonchev–Trinajstić information content (AvgIpc) is 2.95. The molecule has 0 saturated heterocycles. The predicted octanol–water partition coefficient (Wildman–Crippen LogP) is 8.52.